The predicted molar refractivity (Wildman–Crippen MR) is 98.8 cm³/mol. The van der Waals surface area contributed by atoms with Crippen molar-refractivity contribution in [3.05, 3.63) is 0 Å². The maximum absolute atomic E-state index is 5.98. The lowest BCUT2D eigenvalue weighted by molar-refractivity contribution is -0.0682. The Kier molecular flexibility index (Phi) is 11.1. The molecule has 150 valence electrons. The Labute approximate surface area is 159 Å². The summed E-state index contributed by atoms with van der Waals surface area (Å²) in [5.74, 6) is 0. The summed E-state index contributed by atoms with van der Waals surface area (Å²) >= 11 is 0. The van der Waals surface area contributed by atoms with Crippen molar-refractivity contribution in [1.82, 2.24) is 4.90 Å². The normalized spacial score (nSPS) is 30.1. The highest BCUT2D eigenvalue weighted by Crippen LogP contribution is 2.24. The first-order valence-corrected chi connectivity index (χ1v) is 9.68. The summed E-state index contributed by atoms with van der Waals surface area (Å²) < 4.78 is 33.2. The minimum absolute atomic E-state index is 0.209. The lowest BCUT2D eigenvalue weighted by atomic mass is 9.93. The molecule has 0 N–H and O–H groups in total. The second-order valence-electron chi connectivity index (χ2n) is 6.76. The van der Waals surface area contributed by atoms with Gasteiger partial charge in [0.15, 0.2) is 0 Å². The van der Waals surface area contributed by atoms with Gasteiger partial charge in [0.25, 0.3) is 0 Å². The van der Waals surface area contributed by atoms with Gasteiger partial charge in [0.1, 0.15) is 26.2 Å². The molecule has 2 saturated heterocycles. The van der Waals surface area contributed by atoms with Gasteiger partial charge in [-0.1, -0.05) is 6.42 Å². The number of hydrogen-bond acceptors (Lipinski definition) is 7. The van der Waals surface area contributed by atoms with Gasteiger partial charge in [0, 0.05) is 26.8 Å². The number of methoxy groups -OCH3 is 2. The van der Waals surface area contributed by atoms with E-state index in [2.05, 4.69) is 4.90 Å². The molecule has 0 aromatic heterocycles. The molecule has 4 atom stereocenters. The molecule has 0 amide bonds. The minimum Gasteiger partial charge on any atom is -0.382 e. The lowest BCUT2D eigenvalue weighted by Gasteiger charge is -2.26. The van der Waals surface area contributed by atoms with Crippen molar-refractivity contribution >= 4 is 7.85 Å². The highest BCUT2D eigenvalue weighted by Gasteiger charge is 2.42. The van der Waals surface area contributed by atoms with Crippen LogP contribution in [0, 0.1) is 0 Å². The highest BCUT2D eigenvalue weighted by molar-refractivity contribution is 6.11. The summed E-state index contributed by atoms with van der Waals surface area (Å²) in [6.45, 7) is 6.73. The SMILES string of the molecule is [B][C@@H]1O[C@H](COC)C(OC)[C@@H]1OCCOCCOCCN1CCCCC1. The fourth-order valence-corrected chi connectivity index (χ4v) is 3.47. The summed E-state index contributed by atoms with van der Waals surface area (Å²) in [6, 6.07) is -0.516. The maximum atomic E-state index is 5.98. The van der Waals surface area contributed by atoms with Crippen LogP contribution in [0.4, 0.5) is 0 Å². The molecule has 2 fully saturated rings. The molecule has 7 nitrogen and oxygen atoms in total. The molecule has 26 heavy (non-hydrogen) atoms. The maximum Gasteiger partial charge on any atom is 0.113 e. The molecule has 0 bridgehead atoms. The van der Waals surface area contributed by atoms with E-state index < -0.39 is 6.00 Å². The quantitative estimate of drug-likeness (QED) is 0.344. The van der Waals surface area contributed by atoms with E-state index in [1.165, 1.54) is 32.4 Å². The van der Waals surface area contributed by atoms with Crippen LogP contribution in [-0.2, 0) is 28.4 Å². The van der Waals surface area contributed by atoms with Crippen molar-refractivity contribution in [2.45, 2.75) is 43.6 Å². The topological polar surface area (TPSA) is 58.6 Å². The third-order valence-electron chi connectivity index (χ3n) is 4.86. The van der Waals surface area contributed by atoms with Crippen molar-refractivity contribution in [3.8, 4) is 0 Å². The molecule has 1 unspecified atom stereocenters. The summed E-state index contributed by atoms with van der Waals surface area (Å²) in [5, 5.41) is 0. The Morgan fingerprint density at radius 2 is 1.62 bits per heavy atom. The molecule has 2 aliphatic rings. The molecule has 8 heteroatoms. The molecule has 0 aromatic rings. The van der Waals surface area contributed by atoms with Crippen molar-refractivity contribution in [2.75, 3.05) is 73.5 Å². The van der Waals surface area contributed by atoms with E-state index in [1.807, 2.05) is 0 Å². The first-order chi connectivity index (χ1) is 12.8. The van der Waals surface area contributed by atoms with Gasteiger partial charge < -0.3 is 33.3 Å². The number of piperidine rings is 1. The second kappa shape index (κ2) is 13.0. The van der Waals surface area contributed by atoms with E-state index in [-0.39, 0.29) is 18.3 Å². The van der Waals surface area contributed by atoms with Crippen LogP contribution in [0.3, 0.4) is 0 Å². The summed E-state index contributed by atoms with van der Waals surface area (Å²) in [7, 11) is 9.23. The van der Waals surface area contributed by atoms with E-state index in [0.717, 1.165) is 13.2 Å². The van der Waals surface area contributed by atoms with Crippen LogP contribution in [-0.4, -0.2) is 111 Å². The lowest BCUT2D eigenvalue weighted by Crippen LogP contribution is -2.39. The van der Waals surface area contributed by atoms with Gasteiger partial charge in [0.2, 0.25) is 0 Å². The van der Waals surface area contributed by atoms with Crippen LogP contribution in [0.1, 0.15) is 19.3 Å². The van der Waals surface area contributed by atoms with Gasteiger partial charge in [-0.3, -0.25) is 0 Å². The van der Waals surface area contributed by atoms with E-state index in [9.17, 15) is 0 Å². The van der Waals surface area contributed by atoms with Crippen LogP contribution in [0.15, 0.2) is 0 Å². The zero-order chi connectivity index (χ0) is 18.6. The average molecular weight is 371 g/mol. The molecule has 2 heterocycles. The molecular formula is C18H34BNO6. The number of ether oxygens (including phenoxy) is 6. The first-order valence-electron chi connectivity index (χ1n) is 9.68. The number of hydrogen-bond donors (Lipinski definition) is 0. The third kappa shape index (κ3) is 7.42. The van der Waals surface area contributed by atoms with E-state index >= 15 is 0 Å². The van der Waals surface area contributed by atoms with Gasteiger partial charge in [-0.25, -0.2) is 0 Å². The highest BCUT2D eigenvalue weighted by atomic mass is 16.6. The fraction of sp³-hybridized carbons (Fsp3) is 1.00. The van der Waals surface area contributed by atoms with Crippen molar-refractivity contribution in [3.63, 3.8) is 0 Å². The Morgan fingerprint density at radius 3 is 2.31 bits per heavy atom. The van der Waals surface area contributed by atoms with Gasteiger partial charge >= 0.3 is 0 Å². The molecule has 0 aliphatic carbocycles. The number of rotatable bonds is 13. The minimum atomic E-state index is -0.516. The van der Waals surface area contributed by atoms with Crippen molar-refractivity contribution < 1.29 is 28.4 Å². The Hall–Kier alpha value is -0.215. The third-order valence-corrected chi connectivity index (χ3v) is 4.86. The van der Waals surface area contributed by atoms with Gasteiger partial charge in [-0.05, 0) is 25.9 Å². The summed E-state index contributed by atoms with van der Waals surface area (Å²) in [6.07, 6.45) is 3.24. The second-order valence-corrected chi connectivity index (χ2v) is 6.76. The molecule has 0 saturated carbocycles. The van der Waals surface area contributed by atoms with E-state index in [1.54, 1.807) is 14.2 Å². The van der Waals surface area contributed by atoms with Crippen LogP contribution in [0.25, 0.3) is 0 Å². The smallest absolute Gasteiger partial charge is 0.113 e. The molecule has 2 aliphatic heterocycles. The molecule has 0 spiro atoms. The zero-order valence-corrected chi connectivity index (χ0v) is 16.3. The van der Waals surface area contributed by atoms with Gasteiger partial charge in [0.05, 0.1) is 39.6 Å². The van der Waals surface area contributed by atoms with Crippen molar-refractivity contribution in [1.29, 1.82) is 0 Å². The number of nitrogens with zero attached hydrogens (tertiary/aromatic N) is 1. The Morgan fingerprint density at radius 1 is 0.923 bits per heavy atom. The molecule has 0 aromatic carbocycles. The van der Waals surface area contributed by atoms with Gasteiger partial charge in [-0.2, -0.15) is 0 Å². The largest absolute Gasteiger partial charge is 0.382 e. The molecule has 2 radical (unpaired) electrons. The fourth-order valence-electron chi connectivity index (χ4n) is 3.47. The monoisotopic (exact) mass is 371 g/mol. The molecular weight excluding hydrogens is 337 g/mol. The van der Waals surface area contributed by atoms with Crippen LogP contribution >= 0.6 is 0 Å². The summed E-state index contributed by atoms with van der Waals surface area (Å²) in [4.78, 5) is 2.47. The summed E-state index contributed by atoms with van der Waals surface area (Å²) in [5.41, 5.74) is 0. The van der Waals surface area contributed by atoms with Crippen LogP contribution in [0.2, 0.25) is 0 Å². The average Bonchev–Trinajstić information content (AvgIpc) is 2.96. The van der Waals surface area contributed by atoms with Gasteiger partial charge in [-0.15, -0.1) is 0 Å². The van der Waals surface area contributed by atoms with Crippen LogP contribution < -0.4 is 0 Å². The number of likely N-dealkylation sites (tertiary alicyclic amines) is 1. The Bertz CT molecular complexity index is 359. The zero-order valence-electron chi connectivity index (χ0n) is 16.3. The Balaban J connectivity index is 1.45. The standard InChI is InChI=1S/C18H34BNO6/c1-21-14-15-16(22-2)17(18(19)26-15)25-13-12-24-11-10-23-9-8-20-6-4-3-5-7-20/h15-18H,3-14H2,1-2H3/t15-,16?,17+,18-/m1/s1. The van der Waals surface area contributed by atoms with E-state index in [0.29, 0.717) is 33.0 Å². The van der Waals surface area contributed by atoms with E-state index in [4.69, 9.17) is 36.3 Å². The molecule has 2 rings (SSSR count). The first kappa shape index (κ1) is 22.1. The predicted octanol–water partition coefficient (Wildman–Crippen LogP) is 0.446. The van der Waals surface area contributed by atoms with Crippen molar-refractivity contribution in [2.24, 2.45) is 0 Å². The van der Waals surface area contributed by atoms with Crippen LogP contribution in [0.5, 0.6) is 0 Å².